The number of carboxylic acid groups (broad SMARTS) is 1. The number of hydrogen-bond donors (Lipinski definition) is 3. The molecule has 2 atom stereocenters. The van der Waals surface area contributed by atoms with Crippen LogP contribution in [0, 0.1) is 3.57 Å². The first-order valence-corrected chi connectivity index (χ1v) is 6.79. The Labute approximate surface area is 123 Å². The van der Waals surface area contributed by atoms with Gasteiger partial charge in [0.25, 0.3) is 0 Å². The van der Waals surface area contributed by atoms with Gasteiger partial charge in [0.05, 0.1) is 6.10 Å². The molecule has 0 spiro atoms. The number of aliphatic carboxylic acids is 1. The van der Waals surface area contributed by atoms with E-state index in [0.717, 1.165) is 8.47 Å². The zero-order valence-electron chi connectivity index (χ0n) is 9.91. The summed E-state index contributed by atoms with van der Waals surface area (Å²) in [6.45, 7) is 0.0345. The fourth-order valence-corrected chi connectivity index (χ4v) is 2.58. The van der Waals surface area contributed by atoms with Gasteiger partial charge in [-0.05, 0) is 40.8 Å². The van der Waals surface area contributed by atoms with Crippen molar-refractivity contribution in [3.05, 3.63) is 27.8 Å². The lowest BCUT2D eigenvalue weighted by atomic mass is 10.2. The number of amides is 2. The lowest BCUT2D eigenvalue weighted by Gasteiger charge is -2.21. The molecule has 1 saturated heterocycles. The average molecular weight is 376 g/mol. The number of β-amino-alcohol motifs (C(OH)–C–C–N with tert-alkyl or cyclic N) is 1. The Morgan fingerprint density at radius 2 is 2.16 bits per heavy atom. The van der Waals surface area contributed by atoms with Gasteiger partial charge in [-0.25, -0.2) is 9.59 Å². The highest BCUT2D eigenvalue weighted by molar-refractivity contribution is 14.1. The van der Waals surface area contributed by atoms with E-state index in [9.17, 15) is 14.7 Å². The Morgan fingerprint density at radius 3 is 2.79 bits per heavy atom. The Kier molecular flexibility index (Phi) is 4.25. The van der Waals surface area contributed by atoms with E-state index in [1.54, 1.807) is 18.2 Å². The van der Waals surface area contributed by atoms with Crippen LogP contribution in [-0.2, 0) is 4.79 Å². The van der Waals surface area contributed by atoms with E-state index >= 15 is 0 Å². The highest BCUT2D eigenvalue weighted by atomic mass is 127. The van der Waals surface area contributed by atoms with Crippen molar-refractivity contribution in [2.75, 3.05) is 11.9 Å². The summed E-state index contributed by atoms with van der Waals surface area (Å²) < 4.78 is 0.964. The number of nitrogens with one attached hydrogen (secondary N) is 1. The highest BCUT2D eigenvalue weighted by Gasteiger charge is 2.38. The number of halogens is 1. The largest absolute Gasteiger partial charge is 0.480 e. The van der Waals surface area contributed by atoms with E-state index in [-0.39, 0.29) is 13.0 Å². The Morgan fingerprint density at radius 1 is 1.42 bits per heavy atom. The van der Waals surface area contributed by atoms with E-state index < -0.39 is 24.1 Å². The van der Waals surface area contributed by atoms with Crippen LogP contribution in [0.5, 0.6) is 0 Å². The molecule has 1 heterocycles. The average Bonchev–Trinajstić information content (AvgIpc) is 2.71. The monoisotopic (exact) mass is 376 g/mol. The van der Waals surface area contributed by atoms with Crippen LogP contribution in [0.25, 0.3) is 0 Å². The van der Waals surface area contributed by atoms with Crippen molar-refractivity contribution in [3.63, 3.8) is 0 Å². The van der Waals surface area contributed by atoms with E-state index in [2.05, 4.69) is 27.9 Å². The molecule has 0 bridgehead atoms. The smallest absolute Gasteiger partial charge is 0.326 e. The maximum atomic E-state index is 12.0. The Hall–Kier alpha value is -1.35. The second-order valence-electron chi connectivity index (χ2n) is 4.34. The van der Waals surface area contributed by atoms with Crippen molar-refractivity contribution < 1.29 is 19.8 Å². The molecular weight excluding hydrogens is 363 g/mol. The molecule has 1 aliphatic rings. The molecule has 0 saturated carbocycles. The summed E-state index contributed by atoms with van der Waals surface area (Å²) in [5.74, 6) is -1.10. The molecular formula is C12H13IN2O4. The van der Waals surface area contributed by atoms with Gasteiger partial charge in [0.2, 0.25) is 0 Å². The van der Waals surface area contributed by atoms with Gasteiger partial charge in [-0.15, -0.1) is 0 Å². The maximum Gasteiger partial charge on any atom is 0.326 e. The van der Waals surface area contributed by atoms with Gasteiger partial charge in [-0.2, -0.15) is 0 Å². The molecule has 1 fully saturated rings. The molecule has 2 amide bonds. The normalized spacial score (nSPS) is 22.3. The summed E-state index contributed by atoms with van der Waals surface area (Å²) in [6.07, 6.45) is -0.725. The molecule has 1 aromatic rings. The van der Waals surface area contributed by atoms with Crippen molar-refractivity contribution in [3.8, 4) is 0 Å². The molecule has 19 heavy (non-hydrogen) atoms. The van der Waals surface area contributed by atoms with Gasteiger partial charge in [-0.3, -0.25) is 0 Å². The van der Waals surface area contributed by atoms with Gasteiger partial charge in [0.1, 0.15) is 6.04 Å². The molecule has 1 aromatic carbocycles. The number of nitrogens with zero attached hydrogens (tertiary/aromatic N) is 1. The number of rotatable bonds is 2. The molecule has 1 aliphatic heterocycles. The number of likely N-dealkylation sites (tertiary alicyclic amines) is 1. The molecule has 6 nitrogen and oxygen atoms in total. The fourth-order valence-electron chi connectivity index (χ4n) is 2.03. The summed E-state index contributed by atoms with van der Waals surface area (Å²) in [7, 11) is 0. The maximum absolute atomic E-state index is 12.0. The predicted molar refractivity (Wildman–Crippen MR) is 76.9 cm³/mol. The van der Waals surface area contributed by atoms with Gasteiger partial charge in [0.15, 0.2) is 0 Å². The third-order valence-electron chi connectivity index (χ3n) is 2.90. The van der Waals surface area contributed by atoms with Crippen molar-refractivity contribution in [1.82, 2.24) is 4.90 Å². The van der Waals surface area contributed by atoms with Crippen LogP contribution in [0.2, 0.25) is 0 Å². The van der Waals surface area contributed by atoms with Crippen molar-refractivity contribution in [2.45, 2.75) is 18.6 Å². The third kappa shape index (κ3) is 3.35. The minimum Gasteiger partial charge on any atom is -0.480 e. The topological polar surface area (TPSA) is 89.9 Å². The first-order chi connectivity index (χ1) is 8.97. The summed E-state index contributed by atoms with van der Waals surface area (Å²) in [5.41, 5.74) is 0.599. The van der Waals surface area contributed by atoms with Gasteiger partial charge >= 0.3 is 12.0 Å². The molecule has 0 unspecified atom stereocenters. The van der Waals surface area contributed by atoms with Crippen molar-refractivity contribution >= 4 is 40.3 Å². The Bertz CT molecular complexity index is 508. The number of anilines is 1. The summed E-state index contributed by atoms with van der Waals surface area (Å²) >= 11 is 2.12. The number of carbonyl (C=O) groups excluding carboxylic acids is 1. The number of urea groups is 1. The first-order valence-electron chi connectivity index (χ1n) is 5.71. The quantitative estimate of drug-likeness (QED) is 0.680. The standard InChI is InChI=1S/C12H13IN2O4/c13-7-2-1-3-8(4-7)14-12(19)15-6-9(16)5-10(15)11(17)18/h1-4,9-10,16H,5-6H2,(H,14,19)(H,17,18)/t9-,10+/m1/s1. The SMILES string of the molecule is O=C(O)[C@@H]1C[C@@H](O)CN1C(=O)Nc1cccc(I)c1. The summed E-state index contributed by atoms with van der Waals surface area (Å²) in [5, 5.41) is 21.2. The number of carboxylic acids is 1. The summed E-state index contributed by atoms with van der Waals surface area (Å²) in [6, 6.07) is 5.70. The van der Waals surface area contributed by atoms with E-state index in [1.807, 2.05) is 6.07 Å². The van der Waals surface area contributed by atoms with Gasteiger partial charge < -0.3 is 20.4 Å². The molecule has 102 valence electrons. The molecule has 0 aromatic heterocycles. The third-order valence-corrected chi connectivity index (χ3v) is 3.57. The van der Waals surface area contributed by atoms with Crippen LogP contribution in [0.15, 0.2) is 24.3 Å². The molecule has 3 N–H and O–H groups in total. The predicted octanol–water partition coefficient (Wildman–Crippen LogP) is 1.34. The fraction of sp³-hybridized carbons (Fsp3) is 0.333. The van der Waals surface area contributed by atoms with Crippen LogP contribution in [0.4, 0.5) is 10.5 Å². The highest BCUT2D eigenvalue weighted by Crippen LogP contribution is 2.20. The molecule has 2 rings (SSSR count). The second-order valence-corrected chi connectivity index (χ2v) is 5.58. The zero-order valence-corrected chi connectivity index (χ0v) is 12.1. The zero-order chi connectivity index (χ0) is 14.0. The minimum atomic E-state index is -1.10. The van der Waals surface area contributed by atoms with Crippen LogP contribution < -0.4 is 5.32 Å². The molecule has 0 radical (unpaired) electrons. The number of hydrogen-bond acceptors (Lipinski definition) is 3. The molecule has 7 heteroatoms. The lowest BCUT2D eigenvalue weighted by Crippen LogP contribution is -2.43. The first kappa shape index (κ1) is 14.1. The second kappa shape index (κ2) is 5.74. The van der Waals surface area contributed by atoms with Crippen LogP contribution in [-0.4, -0.2) is 45.8 Å². The van der Waals surface area contributed by atoms with Crippen LogP contribution >= 0.6 is 22.6 Å². The Balaban J connectivity index is 2.09. The van der Waals surface area contributed by atoms with Gasteiger partial charge in [-0.1, -0.05) is 6.07 Å². The summed E-state index contributed by atoms with van der Waals surface area (Å²) in [4.78, 5) is 24.2. The number of aliphatic hydroxyl groups excluding tert-OH is 1. The van der Waals surface area contributed by atoms with Crippen molar-refractivity contribution in [2.24, 2.45) is 0 Å². The van der Waals surface area contributed by atoms with E-state index in [0.29, 0.717) is 5.69 Å². The number of benzene rings is 1. The van der Waals surface area contributed by atoms with Crippen LogP contribution in [0.1, 0.15) is 6.42 Å². The van der Waals surface area contributed by atoms with Gasteiger partial charge in [0, 0.05) is 22.2 Å². The minimum absolute atomic E-state index is 0.0345. The van der Waals surface area contributed by atoms with Crippen molar-refractivity contribution in [1.29, 1.82) is 0 Å². The van der Waals surface area contributed by atoms with Crippen LogP contribution in [0.3, 0.4) is 0 Å². The number of carbonyl (C=O) groups is 2. The van der Waals surface area contributed by atoms with E-state index in [1.165, 1.54) is 0 Å². The lowest BCUT2D eigenvalue weighted by molar-refractivity contribution is -0.141. The number of aliphatic hydroxyl groups is 1. The van der Waals surface area contributed by atoms with E-state index in [4.69, 9.17) is 5.11 Å². The molecule has 0 aliphatic carbocycles.